The molecule has 1 amide bonds. The highest BCUT2D eigenvalue weighted by Gasteiger charge is 2.51. The molecular formula is C14H20FNO3. The van der Waals surface area contributed by atoms with Gasteiger partial charge in [-0.3, -0.25) is 9.69 Å². The van der Waals surface area contributed by atoms with E-state index < -0.39 is 6.67 Å². The highest BCUT2D eigenvalue weighted by molar-refractivity contribution is 5.82. The number of nitrogens with zero attached hydrogens (tertiary/aromatic N) is 1. The van der Waals surface area contributed by atoms with E-state index in [1.54, 1.807) is 0 Å². The third-order valence-electron chi connectivity index (χ3n) is 5.27. The van der Waals surface area contributed by atoms with Gasteiger partial charge < -0.3 is 4.74 Å². The van der Waals surface area contributed by atoms with E-state index in [4.69, 9.17) is 4.74 Å². The monoisotopic (exact) mass is 269 g/mol. The van der Waals surface area contributed by atoms with Crippen molar-refractivity contribution in [2.45, 2.75) is 44.7 Å². The number of hydrogen-bond acceptors (Lipinski definition) is 3. The summed E-state index contributed by atoms with van der Waals surface area (Å²) in [6, 6.07) is 0.186. The topological polar surface area (TPSA) is 46.6 Å². The molecule has 0 aromatic rings. The number of carbonyl (C=O) groups is 2. The molecule has 3 rings (SSSR count). The Morgan fingerprint density at radius 2 is 2.21 bits per heavy atom. The number of alkyl halides is 1. The number of amides is 1. The third kappa shape index (κ3) is 1.94. The van der Waals surface area contributed by atoms with Crippen LogP contribution in [0.3, 0.4) is 0 Å². The number of hydrogen-bond donors (Lipinski definition) is 0. The average Bonchev–Trinajstić information content (AvgIpc) is 2.79. The van der Waals surface area contributed by atoms with E-state index in [0.29, 0.717) is 12.5 Å². The Balaban J connectivity index is 1.84. The Morgan fingerprint density at radius 1 is 1.42 bits per heavy atom. The molecule has 0 bridgehead atoms. The van der Waals surface area contributed by atoms with Crippen molar-refractivity contribution < 1.29 is 18.7 Å². The van der Waals surface area contributed by atoms with Crippen molar-refractivity contribution in [2.24, 2.45) is 17.8 Å². The third-order valence-corrected chi connectivity index (χ3v) is 5.27. The number of rotatable bonds is 2. The van der Waals surface area contributed by atoms with Crippen molar-refractivity contribution in [1.29, 1.82) is 0 Å². The van der Waals surface area contributed by atoms with E-state index in [0.717, 1.165) is 25.7 Å². The lowest BCUT2D eigenvalue weighted by Gasteiger charge is -2.49. The van der Waals surface area contributed by atoms with Crippen LogP contribution in [0.4, 0.5) is 9.18 Å². The van der Waals surface area contributed by atoms with Gasteiger partial charge in [0.2, 0.25) is 0 Å². The maximum Gasteiger partial charge on any atom is 0.410 e. The number of carbonyl (C=O) groups excluding carboxylic acids is 2. The number of piperidine rings is 1. The van der Waals surface area contributed by atoms with Crippen molar-refractivity contribution in [3.8, 4) is 0 Å². The molecule has 2 aliphatic heterocycles. The molecule has 0 N–H and O–H groups in total. The highest BCUT2D eigenvalue weighted by Crippen LogP contribution is 2.46. The summed E-state index contributed by atoms with van der Waals surface area (Å²) in [6.07, 6.45) is 3.35. The Labute approximate surface area is 112 Å². The fourth-order valence-corrected chi connectivity index (χ4v) is 4.41. The molecule has 5 heteroatoms. The number of halogens is 1. The molecule has 5 atom stereocenters. The summed E-state index contributed by atoms with van der Waals surface area (Å²) < 4.78 is 17.8. The maximum atomic E-state index is 12.7. The first-order chi connectivity index (χ1) is 9.13. The normalized spacial score (nSPS) is 41.5. The van der Waals surface area contributed by atoms with E-state index in [1.807, 2.05) is 11.8 Å². The summed E-state index contributed by atoms with van der Waals surface area (Å²) in [5, 5.41) is 0. The molecule has 4 unspecified atom stereocenters. The van der Waals surface area contributed by atoms with Crippen molar-refractivity contribution in [2.75, 3.05) is 13.3 Å². The van der Waals surface area contributed by atoms with Crippen molar-refractivity contribution in [3.63, 3.8) is 0 Å². The number of cyclic esters (lactones) is 1. The van der Waals surface area contributed by atoms with Gasteiger partial charge in [0, 0.05) is 12.0 Å². The Morgan fingerprint density at radius 3 is 2.95 bits per heavy atom. The second-order valence-electron chi connectivity index (χ2n) is 6.08. The summed E-state index contributed by atoms with van der Waals surface area (Å²) in [6.45, 7) is 1.60. The molecule has 2 saturated heterocycles. The SMILES string of the molecule is CC1C2CCCC(C(=O)CF)C2C[C@H]2COC(=O)N12. The zero-order valence-electron chi connectivity index (χ0n) is 11.2. The largest absolute Gasteiger partial charge is 0.447 e. The number of ether oxygens (including phenoxy) is 1. The molecule has 1 saturated carbocycles. The van der Waals surface area contributed by atoms with Crippen LogP contribution in [0, 0.1) is 17.8 Å². The molecule has 0 radical (unpaired) electrons. The fraction of sp³-hybridized carbons (Fsp3) is 0.857. The van der Waals surface area contributed by atoms with Crippen LogP contribution in [-0.4, -0.2) is 42.1 Å². The van der Waals surface area contributed by atoms with E-state index in [2.05, 4.69) is 0 Å². The van der Waals surface area contributed by atoms with Gasteiger partial charge in [0.25, 0.3) is 0 Å². The van der Waals surface area contributed by atoms with Crippen LogP contribution in [0.5, 0.6) is 0 Å². The predicted molar refractivity (Wildman–Crippen MR) is 66.4 cm³/mol. The molecule has 0 aromatic carbocycles. The lowest BCUT2D eigenvalue weighted by atomic mass is 9.63. The molecule has 106 valence electrons. The zero-order chi connectivity index (χ0) is 13.6. The molecule has 4 nitrogen and oxygen atoms in total. The van der Waals surface area contributed by atoms with Crippen molar-refractivity contribution in [1.82, 2.24) is 4.90 Å². The molecule has 19 heavy (non-hydrogen) atoms. The van der Waals surface area contributed by atoms with Gasteiger partial charge in [-0.25, -0.2) is 9.18 Å². The van der Waals surface area contributed by atoms with Crippen LogP contribution in [0.25, 0.3) is 0 Å². The predicted octanol–water partition coefficient (Wildman–Crippen LogP) is 2.17. The summed E-state index contributed by atoms with van der Waals surface area (Å²) in [7, 11) is 0. The smallest absolute Gasteiger partial charge is 0.410 e. The van der Waals surface area contributed by atoms with E-state index in [1.165, 1.54) is 0 Å². The number of fused-ring (bicyclic) bond motifs is 2. The minimum atomic E-state index is -0.855. The fourth-order valence-electron chi connectivity index (χ4n) is 4.41. The van der Waals surface area contributed by atoms with Gasteiger partial charge in [-0.2, -0.15) is 0 Å². The quantitative estimate of drug-likeness (QED) is 0.772. The summed E-state index contributed by atoms with van der Waals surface area (Å²) >= 11 is 0. The molecule has 0 spiro atoms. The second kappa shape index (κ2) is 4.76. The van der Waals surface area contributed by atoms with Gasteiger partial charge in [0.15, 0.2) is 5.78 Å². The Hall–Kier alpha value is -1.13. The van der Waals surface area contributed by atoms with Crippen LogP contribution in [-0.2, 0) is 9.53 Å². The van der Waals surface area contributed by atoms with E-state index >= 15 is 0 Å². The van der Waals surface area contributed by atoms with Crippen molar-refractivity contribution >= 4 is 11.9 Å². The van der Waals surface area contributed by atoms with E-state index in [-0.39, 0.29) is 35.8 Å². The van der Waals surface area contributed by atoms with Gasteiger partial charge in [-0.05, 0) is 38.0 Å². The minimum absolute atomic E-state index is 0.0803. The minimum Gasteiger partial charge on any atom is -0.447 e. The second-order valence-corrected chi connectivity index (χ2v) is 6.08. The van der Waals surface area contributed by atoms with Crippen molar-refractivity contribution in [3.05, 3.63) is 0 Å². The van der Waals surface area contributed by atoms with Crippen LogP contribution in [0.15, 0.2) is 0 Å². The molecule has 3 aliphatic rings. The first kappa shape index (κ1) is 12.9. The average molecular weight is 269 g/mol. The molecule has 3 fully saturated rings. The van der Waals surface area contributed by atoms with Gasteiger partial charge in [-0.1, -0.05) is 6.42 Å². The maximum absolute atomic E-state index is 12.7. The molecule has 2 heterocycles. The number of ketones is 1. The molecule has 0 aromatic heterocycles. The summed E-state index contributed by atoms with van der Waals surface area (Å²) in [5.74, 6) is 0.142. The van der Waals surface area contributed by atoms with Crippen LogP contribution in [0.1, 0.15) is 32.6 Å². The first-order valence-electron chi connectivity index (χ1n) is 7.17. The summed E-state index contributed by atoms with van der Waals surface area (Å²) in [5.41, 5.74) is 0. The summed E-state index contributed by atoms with van der Waals surface area (Å²) in [4.78, 5) is 25.4. The molecular weight excluding hydrogens is 249 g/mol. The van der Waals surface area contributed by atoms with Crippen LogP contribution >= 0.6 is 0 Å². The highest BCUT2D eigenvalue weighted by atomic mass is 19.1. The van der Waals surface area contributed by atoms with Gasteiger partial charge >= 0.3 is 6.09 Å². The lowest BCUT2D eigenvalue weighted by Crippen LogP contribution is -2.55. The van der Waals surface area contributed by atoms with Crippen LogP contribution in [0.2, 0.25) is 0 Å². The molecule has 1 aliphatic carbocycles. The standard InChI is InChI=1S/C14H20FNO3/c1-8-10-3-2-4-11(13(17)6-15)12(10)5-9-7-19-14(18)16(8)9/h8-12H,2-7H2,1H3/t8?,9-,10?,11?,12?/m0/s1. The lowest BCUT2D eigenvalue weighted by molar-refractivity contribution is -0.129. The van der Waals surface area contributed by atoms with Gasteiger partial charge in [-0.15, -0.1) is 0 Å². The Kier molecular flexibility index (Phi) is 3.23. The van der Waals surface area contributed by atoms with Crippen LogP contribution < -0.4 is 0 Å². The van der Waals surface area contributed by atoms with Gasteiger partial charge in [0.05, 0.1) is 6.04 Å². The zero-order valence-corrected chi connectivity index (χ0v) is 11.2. The number of Topliss-reactive ketones (excluding diaryl/α,β-unsaturated/α-hetero) is 1. The first-order valence-corrected chi connectivity index (χ1v) is 7.17. The van der Waals surface area contributed by atoms with E-state index in [9.17, 15) is 14.0 Å². The van der Waals surface area contributed by atoms with Gasteiger partial charge in [0.1, 0.15) is 13.3 Å². The Bertz CT molecular complexity index is 400.